The second-order valence-electron chi connectivity index (χ2n) is 6.88. The Hall–Kier alpha value is -2.94. The third kappa shape index (κ3) is 3.77. The molecule has 0 saturated heterocycles. The van der Waals surface area contributed by atoms with Gasteiger partial charge in [-0.15, -0.1) is 0 Å². The van der Waals surface area contributed by atoms with Gasteiger partial charge in [-0.2, -0.15) is 13.2 Å². The highest BCUT2D eigenvalue weighted by Crippen LogP contribution is 2.45. The molecule has 158 valence electrons. The number of aliphatic hydroxyl groups excluding tert-OH is 1. The van der Waals surface area contributed by atoms with Crippen molar-refractivity contribution in [3.05, 3.63) is 94.8 Å². The van der Waals surface area contributed by atoms with Crippen LogP contribution in [0.1, 0.15) is 22.3 Å². The van der Waals surface area contributed by atoms with E-state index in [1.807, 2.05) is 0 Å². The summed E-state index contributed by atoms with van der Waals surface area (Å²) in [5.41, 5.74) is -3.32. The molecule has 0 spiro atoms. The number of benzene rings is 3. The highest BCUT2D eigenvalue weighted by atomic mass is 19.4. The Kier molecular flexibility index (Phi) is 5.85. The van der Waals surface area contributed by atoms with Gasteiger partial charge in [0.2, 0.25) is 5.60 Å². The first-order valence-electron chi connectivity index (χ1n) is 8.99. The average Bonchev–Trinajstić information content (AvgIpc) is 2.72. The third-order valence-corrected chi connectivity index (χ3v) is 4.95. The van der Waals surface area contributed by atoms with Crippen LogP contribution in [0.15, 0.2) is 66.7 Å². The Labute approximate surface area is 170 Å². The maximum absolute atomic E-state index is 14.0. The first kappa shape index (κ1) is 21.8. The van der Waals surface area contributed by atoms with Crippen molar-refractivity contribution in [2.45, 2.75) is 25.3 Å². The van der Waals surface area contributed by atoms with Crippen molar-refractivity contribution in [1.82, 2.24) is 0 Å². The van der Waals surface area contributed by atoms with Gasteiger partial charge in [0.25, 0.3) is 0 Å². The molecule has 4 N–H and O–H groups in total. The topological polar surface area (TPSA) is 69.7 Å². The highest BCUT2D eigenvalue weighted by molar-refractivity contribution is 5.65. The van der Waals surface area contributed by atoms with E-state index in [1.54, 1.807) is 37.3 Å². The largest absolute Gasteiger partial charge is 0.425 e. The van der Waals surface area contributed by atoms with Crippen molar-refractivity contribution >= 4 is 11.4 Å². The summed E-state index contributed by atoms with van der Waals surface area (Å²) in [5.74, 6) is 5.24. The molecule has 4 nitrogen and oxygen atoms in total. The van der Waals surface area contributed by atoms with Crippen LogP contribution in [0.25, 0.3) is 0 Å². The van der Waals surface area contributed by atoms with E-state index in [-0.39, 0.29) is 5.56 Å². The quantitative estimate of drug-likeness (QED) is 0.324. The number of nitrogens with two attached hydrogens (primary N) is 1. The van der Waals surface area contributed by atoms with E-state index >= 15 is 0 Å². The Balaban J connectivity index is 2.11. The van der Waals surface area contributed by atoms with Crippen molar-refractivity contribution < 1.29 is 27.8 Å². The van der Waals surface area contributed by atoms with Crippen LogP contribution in [0.5, 0.6) is 0 Å². The van der Waals surface area contributed by atoms with Crippen molar-refractivity contribution in [3.63, 3.8) is 0 Å². The molecule has 0 saturated carbocycles. The standard InChI is InChI=1S/C22H20F4N2O2/c1-14-11-16(8-10-20(14)28(27)18-5-3-2-4-6-18)21(30,22(24,25)26)17-7-9-19(23)15(12-17)13-29/h2-12,29-30H,13,27H2,1H3. The first-order chi connectivity index (χ1) is 14.1. The van der Waals surface area contributed by atoms with Crippen molar-refractivity contribution in [3.8, 4) is 0 Å². The van der Waals surface area contributed by atoms with E-state index in [0.717, 1.165) is 24.3 Å². The zero-order chi connectivity index (χ0) is 22.1. The van der Waals surface area contributed by atoms with Crippen LogP contribution in [-0.4, -0.2) is 16.4 Å². The lowest BCUT2D eigenvalue weighted by atomic mass is 9.84. The lowest BCUT2D eigenvalue weighted by Crippen LogP contribution is -2.43. The Morgan fingerprint density at radius 3 is 2.10 bits per heavy atom. The number of halogens is 4. The van der Waals surface area contributed by atoms with Gasteiger partial charge in [-0.05, 0) is 53.9 Å². The zero-order valence-electron chi connectivity index (χ0n) is 16.0. The van der Waals surface area contributed by atoms with Crippen LogP contribution >= 0.6 is 0 Å². The van der Waals surface area contributed by atoms with E-state index in [2.05, 4.69) is 0 Å². The molecule has 3 aromatic rings. The number of hydrogen-bond acceptors (Lipinski definition) is 4. The van der Waals surface area contributed by atoms with E-state index in [1.165, 1.54) is 17.1 Å². The van der Waals surface area contributed by atoms with Gasteiger partial charge in [-0.3, -0.25) is 5.01 Å². The molecule has 0 fully saturated rings. The fraction of sp³-hybridized carbons (Fsp3) is 0.182. The minimum Gasteiger partial charge on any atom is -0.392 e. The second kappa shape index (κ2) is 8.06. The smallest absolute Gasteiger partial charge is 0.392 e. The molecule has 30 heavy (non-hydrogen) atoms. The normalized spacial score (nSPS) is 13.7. The number of nitrogens with zero attached hydrogens (tertiary/aromatic N) is 1. The molecule has 0 bridgehead atoms. The summed E-state index contributed by atoms with van der Waals surface area (Å²) in [6, 6.07) is 15.0. The fourth-order valence-electron chi connectivity index (χ4n) is 3.29. The average molecular weight is 420 g/mol. The molecule has 0 aliphatic rings. The Morgan fingerprint density at radius 1 is 0.933 bits per heavy atom. The number of hydrogen-bond donors (Lipinski definition) is 3. The number of aliphatic hydroxyl groups is 2. The first-order valence-corrected chi connectivity index (χ1v) is 8.99. The maximum atomic E-state index is 14.0. The SMILES string of the molecule is Cc1cc(C(O)(c2ccc(F)c(CO)c2)C(F)(F)F)ccc1N(N)c1ccccc1. The van der Waals surface area contributed by atoms with Crippen molar-refractivity contribution in [1.29, 1.82) is 0 Å². The monoisotopic (exact) mass is 420 g/mol. The van der Waals surface area contributed by atoms with Gasteiger partial charge < -0.3 is 10.2 Å². The molecule has 0 amide bonds. The van der Waals surface area contributed by atoms with Gasteiger partial charge in [-0.1, -0.05) is 36.4 Å². The number of aryl methyl sites for hydroxylation is 1. The third-order valence-electron chi connectivity index (χ3n) is 4.95. The molecular formula is C22H20F4N2O2. The van der Waals surface area contributed by atoms with Crippen molar-refractivity contribution in [2.24, 2.45) is 5.84 Å². The summed E-state index contributed by atoms with van der Waals surface area (Å²) >= 11 is 0. The number of para-hydroxylation sites is 1. The molecule has 1 unspecified atom stereocenters. The minimum atomic E-state index is -5.10. The van der Waals surface area contributed by atoms with Crippen LogP contribution in [0.2, 0.25) is 0 Å². The molecule has 3 rings (SSSR count). The summed E-state index contributed by atoms with van der Waals surface area (Å²) in [7, 11) is 0. The van der Waals surface area contributed by atoms with Crippen LogP contribution in [0.3, 0.4) is 0 Å². The van der Waals surface area contributed by atoms with Crippen LogP contribution in [0, 0.1) is 12.7 Å². The van der Waals surface area contributed by atoms with Gasteiger partial charge in [0, 0.05) is 5.56 Å². The zero-order valence-corrected chi connectivity index (χ0v) is 16.0. The molecule has 0 heterocycles. The fourth-order valence-corrected chi connectivity index (χ4v) is 3.29. The number of alkyl halides is 3. The molecule has 1 atom stereocenters. The van der Waals surface area contributed by atoms with E-state index in [0.29, 0.717) is 16.9 Å². The minimum absolute atomic E-state index is 0.347. The summed E-state index contributed by atoms with van der Waals surface area (Å²) in [6.07, 6.45) is -5.10. The van der Waals surface area contributed by atoms with Crippen LogP contribution < -0.4 is 10.9 Å². The molecule has 0 radical (unpaired) electrons. The van der Waals surface area contributed by atoms with E-state index < -0.39 is 35.3 Å². The maximum Gasteiger partial charge on any atom is 0.425 e. The van der Waals surface area contributed by atoms with Gasteiger partial charge >= 0.3 is 6.18 Å². The Bertz CT molecular complexity index is 1040. The molecule has 0 aromatic heterocycles. The van der Waals surface area contributed by atoms with Gasteiger partial charge in [0.05, 0.1) is 18.0 Å². The number of rotatable bonds is 5. The van der Waals surface area contributed by atoms with Crippen LogP contribution in [0.4, 0.5) is 28.9 Å². The summed E-state index contributed by atoms with van der Waals surface area (Å²) < 4.78 is 55.8. The summed E-state index contributed by atoms with van der Waals surface area (Å²) in [5, 5.41) is 21.3. The van der Waals surface area contributed by atoms with Crippen molar-refractivity contribution in [2.75, 3.05) is 5.01 Å². The molecule has 0 aliphatic carbocycles. The summed E-state index contributed by atoms with van der Waals surface area (Å²) in [4.78, 5) is 0. The van der Waals surface area contributed by atoms with Gasteiger partial charge in [-0.25, -0.2) is 10.2 Å². The molecular weight excluding hydrogens is 400 g/mol. The van der Waals surface area contributed by atoms with E-state index in [4.69, 9.17) is 5.84 Å². The number of anilines is 2. The molecule has 3 aromatic carbocycles. The van der Waals surface area contributed by atoms with Gasteiger partial charge in [0.1, 0.15) is 5.82 Å². The second-order valence-corrected chi connectivity index (χ2v) is 6.88. The molecule has 8 heteroatoms. The van der Waals surface area contributed by atoms with Crippen LogP contribution in [-0.2, 0) is 12.2 Å². The highest BCUT2D eigenvalue weighted by Gasteiger charge is 2.56. The summed E-state index contributed by atoms with van der Waals surface area (Å²) in [6.45, 7) is 0.771. The predicted octanol–water partition coefficient (Wildman–Crippen LogP) is 4.44. The van der Waals surface area contributed by atoms with Gasteiger partial charge in [0.15, 0.2) is 0 Å². The Morgan fingerprint density at radius 2 is 1.53 bits per heavy atom. The predicted molar refractivity (Wildman–Crippen MR) is 105 cm³/mol. The van der Waals surface area contributed by atoms with E-state index in [9.17, 15) is 27.8 Å². The molecule has 0 aliphatic heterocycles. The lowest BCUT2D eigenvalue weighted by molar-refractivity contribution is -0.248. The number of hydrazine groups is 1. The lowest BCUT2D eigenvalue weighted by Gasteiger charge is -2.33.